The summed E-state index contributed by atoms with van der Waals surface area (Å²) in [7, 11) is -2.96. The number of para-hydroxylation sites is 1. The molecule has 1 heterocycles. The minimum Gasteiger partial charge on any atom is -0.309 e. The molecule has 0 aliphatic heterocycles. The first-order chi connectivity index (χ1) is 24.7. The number of rotatable bonds is 6. The molecule has 8 rings (SSSR count). The molecule has 8 aromatic rings. The van der Waals surface area contributed by atoms with Gasteiger partial charge in [0.1, 0.15) is 0 Å². The molecule has 50 heavy (non-hydrogen) atoms. The zero-order chi connectivity index (χ0) is 34.1. The van der Waals surface area contributed by atoms with Gasteiger partial charge in [-0.05, 0) is 74.2 Å². The molecule has 0 atom stereocenters. The molecule has 0 aliphatic rings. The molecular weight excluding hydrogens is 625 g/mol. The van der Waals surface area contributed by atoms with Crippen LogP contribution in [0.3, 0.4) is 0 Å². The first kappa shape index (κ1) is 30.4. The number of nitriles is 2. The Bertz CT molecular complexity index is 2580. The zero-order valence-electron chi connectivity index (χ0n) is 27.0. The van der Waals surface area contributed by atoms with E-state index >= 15 is 0 Å². The summed E-state index contributed by atoms with van der Waals surface area (Å²) in [5.74, 6) is 0. The molecule has 232 valence electrons. The summed E-state index contributed by atoms with van der Waals surface area (Å²) in [4.78, 5) is 3.69. The van der Waals surface area contributed by atoms with Crippen molar-refractivity contribution in [3.05, 3.63) is 192 Å². The lowest BCUT2D eigenvalue weighted by Gasteiger charge is -2.35. The second kappa shape index (κ2) is 12.6. The Kier molecular flexibility index (Phi) is 7.63. The highest BCUT2D eigenvalue weighted by Gasteiger charge is 2.43. The van der Waals surface area contributed by atoms with Crippen molar-refractivity contribution in [2.75, 3.05) is 0 Å². The van der Waals surface area contributed by atoms with Gasteiger partial charge in [-0.3, -0.25) is 0 Å². The van der Waals surface area contributed by atoms with Crippen LogP contribution in [0.2, 0.25) is 0 Å². The third-order valence-electron chi connectivity index (χ3n) is 9.63. The molecule has 1 aromatic heterocycles. The van der Waals surface area contributed by atoms with Crippen molar-refractivity contribution >= 4 is 56.3 Å². The smallest absolute Gasteiger partial charge is 0.188 e. The Morgan fingerprint density at radius 1 is 0.540 bits per heavy atom. The van der Waals surface area contributed by atoms with E-state index < -0.39 is 8.07 Å². The third-order valence-corrected chi connectivity index (χ3v) is 14.5. The van der Waals surface area contributed by atoms with E-state index in [1.165, 1.54) is 15.6 Å². The number of hydrogen-bond donors (Lipinski definition) is 0. The Labute approximate surface area is 291 Å². The quantitative estimate of drug-likeness (QED) is 0.104. The van der Waals surface area contributed by atoms with Crippen molar-refractivity contribution in [1.29, 1.82) is 10.5 Å². The summed E-state index contributed by atoms with van der Waals surface area (Å²) in [5, 5.41) is 27.6. The van der Waals surface area contributed by atoms with E-state index in [1.807, 2.05) is 72.8 Å². The summed E-state index contributed by atoms with van der Waals surface area (Å²) in [6.07, 6.45) is 0. The monoisotopic (exact) mass is 652 g/mol. The van der Waals surface area contributed by atoms with Crippen LogP contribution in [0, 0.1) is 29.2 Å². The molecular formula is C45H28N4Si. The maximum atomic E-state index is 11.0. The molecule has 0 saturated heterocycles. The Hall–Kier alpha value is -6.97. The van der Waals surface area contributed by atoms with E-state index in [4.69, 9.17) is 6.57 Å². The average molecular weight is 653 g/mol. The molecule has 4 nitrogen and oxygen atoms in total. The Morgan fingerprint density at radius 3 is 1.74 bits per heavy atom. The van der Waals surface area contributed by atoms with Gasteiger partial charge in [-0.15, -0.1) is 0 Å². The Morgan fingerprint density at radius 2 is 1.14 bits per heavy atom. The molecule has 0 amide bonds. The molecule has 0 saturated carbocycles. The maximum Gasteiger partial charge on any atom is 0.188 e. The minimum absolute atomic E-state index is 0.531. The van der Waals surface area contributed by atoms with Crippen molar-refractivity contribution in [1.82, 2.24) is 4.57 Å². The average Bonchev–Trinajstić information content (AvgIpc) is 3.52. The first-order valence-electron chi connectivity index (χ1n) is 16.3. The molecule has 0 fully saturated rings. The van der Waals surface area contributed by atoms with Crippen LogP contribution in [0.25, 0.3) is 43.5 Å². The van der Waals surface area contributed by atoms with E-state index in [9.17, 15) is 10.5 Å². The van der Waals surface area contributed by atoms with Gasteiger partial charge in [0.05, 0.1) is 46.6 Å². The topological polar surface area (TPSA) is 56.9 Å². The number of aromatic nitrogens is 1. The Balaban J connectivity index is 1.42. The van der Waals surface area contributed by atoms with Crippen molar-refractivity contribution in [3.63, 3.8) is 0 Å². The summed E-state index contributed by atoms with van der Waals surface area (Å²) in [6.45, 7) is 7.62. The SMILES string of the molecule is [C-]#[N+]c1ccc2c(c1)c1ccccc1n2-c1ccc(C#N)cc1-c1ccc([Si](c2ccccc2)(c2ccccc2)c2ccccc2)c(C#N)c1. The number of benzene rings is 7. The summed E-state index contributed by atoms with van der Waals surface area (Å²) >= 11 is 0. The minimum atomic E-state index is -2.96. The van der Waals surface area contributed by atoms with E-state index in [0.29, 0.717) is 16.8 Å². The molecule has 0 spiro atoms. The first-order valence-corrected chi connectivity index (χ1v) is 18.3. The molecule has 0 unspecified atom stereocenters. The summed E-state index contributed by atoms with van der Waals surface area (Å²) in [5.41, 5.74) is 6.25. The zero-order valence-corrected chi connectivity index (χ0v) is 28.0. The van der Waals surface area contributed by atoms with Crippen LogP contribution in [0.4, 0.5) is 5.69 Å². The lowest BCUT2D eigenvalue weighted by atomic mass is 9.99. The van der Waals surface area contributed by atoms with Crippen molar-refractivity contribution in [2.45, 2.75) is 0 Å². The highest BCUT2D eigenvalue weighted by atomic mass is 28.3. The fraction of sp³-hybridized carbons (Fsp3) is 0. The molecule has 0 bridgehead atoms. The lowest BCUT2D eigenvalue weighted by molar-refractivity contribution is 1.18. The van der Waals surface area contributed by atoms with Crippen LogP contribution in [-0.4, -0.2) is 12.6 Å². The lowest BCUT2D eigenvalue weighted by Crippen LogP contribution is -2.75. The van der Waals surface area contributed by atoms with Gasteiger partial charge < -0.3 is 4.57 Å². The van der Waals surface area contributed by atoms with Crippen LogP contribution < -0.4 is 20.7 Å². The normalized spacial score (nSPS) is 11.1. The predicted octanol–water partition coefficient (Wildman–Crippen LogP) is 8.12. The second-order valence-electron chi connectivity index (χ2n) is 12.2. The van der Waals surface area contributed by atoms with Crippen LogP contribution >= 0.6 is 0 Å². The van der Waals surface area contributed by atoms with Crippen LogP contribution in [0.1, 0.15) is 11.1 Å². The van der Waals surface area contributed by atoms with Gasteiger partial charge >= 0.3 is 0 Å². The standard InChI is InChI=1S/C45H28N4Si/c1-48-35-23-25-44-41(29-35)39-19-11-12-20-42(39)49(44)43-24-21-32(30-46)27-40(43)33-22-26-45(34(28-33)31-47)50(36-13-5-2-6-14-36,37-15-7-3-8-16-37)38-17-9-4-10-18-38/h2-29H. The molecule has 0 radical (unpaired) electrons. The van der Waals surface area contributed by atoms with Crippen LogP contribution in [0.15, 0.2) is 170 Å². The van der Waals surface area contributed by atoms with E-state index in [0.717, 1.165) is 43.8 Å². The van der Waals surface area contributed by atoms with Gasteiger partial charge in [0.2, 0.25) is 0 Å². The number of fused-ring (bicyclic) bond motifs is 3. The van der Waals surface area contributed by atoms with Crippen molar-refractivity contribution < 1.29 is 0 Å². The fourth-order valence-electron chi connectivity index (χ4n) is 7.48. The van der Waals surface area contributed by atoms with Gasteiger partial charge in [0.25, 0.3) is 0 Å². The van der Waals surface area contributed by atoms with E-state index in [1.54, 1.807) is 0 Å². The highest BCUT2D eigenvalue weighted by Crippen LogP contribution is 2.38. The van der Waals surface area contributed by atoms with Crippen molar-refractivity contribution in [3.8, 4) is 29.0 Å². The fourth-order valence-corrected chi connectivity index (χ4v) is 12.4. The van der Waals surface area contributed by atoms with Gasteiger partial charge in [-0.1, -0.05) is 127 Å². The van der Waals surface area contributed by atoms with Gasteiger partial charge in [-0.2, -0.15) is 10.5 Å². The number of hydrogen-bond acceptors (Lipinski definition) is 2. The van der Waals surface area contributed by atoms with Crippen LogP contribution in [-0.2, 0) is 0 Å². The molecule has 0 N–H and O–H groups in total. The highest BCUT2D eigenvalue weighted by molar-refractivity contribution is 7.20. The van der Waals surface area contributed by atoms with Crippen LogP contribution in [0.5, 0.6) is 0 Å². The van der Waals surface area contributed by atoms with Gasteiger partial charge in [0.15, 0.2) is 13.8 Å². The second-order valence-corrected chi connectivity index (χ2v) is 16.0. The predicted molar refractivity (Wildman–Crippen MR) is 206 cm³/mol. The van der Waals surface area contributed by atoms with Gasteiger partial charge in [0, 0.05) is 10.9 Å². The number of nitrogens with zero attached hydrogens (tertiary/aromatic N) is 4. The van der Waals surface area contributed by atoms with Gasteiger partial charge in [-0.25, -0.2) is 4.85 Å². The molecule has 7 aromatic carbocycles. The van der Waals surface area contributed by atoms with E-state index in [2.05, 4.69) is 119 Å². The van der Waals surface area contributed by atoms with Crippen molar-refractivity contribution in [2.24, 2.45) is 0 Å². The van der Waals surface area contributed by atoms with E-state index in [-0.39, 0.29) is 0 Å². The largest absolute Gasteiger partial charge is 0.309 e. The molecule has 0 aliphatic carbocycles. The third kappa shape index (κ3) is 4.80. The maximum absolute atomic E-state index is 11.0. The summed E-state index contributed by atoms with van der Waals surface area (Å²) in [6, 6.07) is 62.6. The molecule has 5 heteroatoms. The summed E-state index contributed by atoms with van der Waals surface area (Å²) < 4.78 is 2.20.